The van der Waals surface area contributed by atoms with Gasteiger partial charge in [-0.05, 0) is 46.3 Å². The van der Waals surface area contributed by atoms with Crippen LogP contribution in [0.5, 0.6) is 0 Å². The molecule has 0 bridgehead atoms. The van der Waals surface area contributed by atoms with Crippen LogP contribution in [0.4, 0.5) is 5.69 Å². The highest BCUT2D eigenvalue weighted by Gasteiger charge is 2.01. The number of nitrogens with zero attached hydrogens (tertiary/aromatic N) is 1. The highest BCUT2D eigenvalue weighted by Crippen LogP contribution is 2.12. The van der Waals surface area contributed by atoms with E-state index in [-0.39, 0.29) is 0 Å². The number of carbonyl (C=O) groups is 1. The van der Waals surface area contributed by atoms with Crippen LogP contribution in [0, 0.1) is 0 Å². The summed E-state index contributed by atoms with van der Waals surface area (Å²) in [5.74, 6) is -0.430. The zero-order valence-electron chi connectivity index (χ0n) is 9.56. The predicted octanol–water partition coefficient (Wildman–Crippen LogP) is 2.56. The highest BCUT2D eigenvalue weighted by molar-refractivity contribution is 9.10. The Balaban J connectivity index is 2.04. The van der Waals surface area contributed by atoms with Crippen LogP contribution >= 0.6 is 15.9 Å². The Morgan fingerprint density at radius 2 is 2.17 bits per heavy atom. The summed E-state index contributed by atoms with van der Waals surface area (Å²) in [6, 6.07) is 10.9. The molecular formula is C13H12BrN3O. The molecule has 3 N–H and O–H groups in total. The fourth-order valence-corrected chi connectivity index (χ4v) is 1.72. The molecule has 1 amide bonds. The number of rotatable bonds is 4. The number of hydrogen-bond donors (Lipinski definition) is 2. The fraction of sp³-hybridized carbons (Fsp3) is 0.0769. The van der Waals surface area contributed by atoms with Gasteiger partial charge >= 0.3 is 0 Å². The van der Waals surface area contributed by atoms with Gasteiger partial charge in [0.1, 0.15) is 0 Å². The summed E-state index contributed by atoms with van der Waals surface area (Å²) in [6.07, 6.45) is 1.75. The number of aromatic nitrogens is 1. The first-order chi connectivity index (χ1) is 8.65. The van der Waals surface area contributed by atoms with Gasteiger partial charge < -0.3 is 11.1 Å². The Bertz CT molecular complexity index is 554. The van der Waals surface area contributed by atoms with E-state index in [9.17, 15) is 4.79 Å². The molecule has 0 aliphatic rings. The van der Waals surface area contributed by atoms with Gasteiger partial charge in [-0.25, -0.2) is 0 Å². The SMILES string of the molecule is NC(=O)c1cccc(NCc2ccc(Br)cn2)c1. The molecule has 0 spiro atoms. The summed E-state index contributed by atoms with van der Waals surface area (Å²) >= 11 is 3.33. The van der Waals surface area contributed by atoms with E-state index in [2.05, 4.69) is 26.2 Å². The van der Waals surface area contributed by atoms with Crippen molar-refractivity contribution in [3.63, 3.8) is 0 Å². The molecule has 4 nitrogen and oxygen atoms in total. The number of primary amides is 1. The Hall–Kier alpha value is -1.88. The van der Waals surface area contributed by atoms with Crippen LogP contribution < -0.4 is 11.1 Å². The summed E-state index contributed by atoms with van der Waals surface area (Å²) in [5.41, 5.74) is 7.47. The molecule has 2 rings (SSSR count). The van der Waals surface area contributed by atoms with E-state index in [0.29, 0.717) is 12.1 Å². The Labute approximate surface area is 113 Å². The second-order valence-electron chi connectivity index (χ2n) is 3.77. The van der Waals surface area contributed by atoms with Gasteiger partial charge in [0.15, 0.2) is 0 Å². The topological polar surface area (TPSA) is 68.0 Å². The van der Waals surface area contributed by atoms with Crippen molar-refractivity contribution in [1.29, 1.82) is 0 Å². The minimum absolute atomic E-state index is 0.430. The minimum atomic E-state index is -0.430. The number of anilines is 1. The van der Waals surface area contributed by atoms with Gasteiger partial charge in [-0.2, -0.15) is 0 Å². The average molecular weight is 306 g/mol. The number of hydrogen-bond acceptors (Lipinski definition) is 3. The van der Waals surface area contributed by atoms with E-state index in [1.807, 2.05) is 18.2 Å². The van der Waals surface area contributed by atoms with Crippen LogP contribution in [-0.4, -0.2) is 10.9 Å². The van der Waals surface area contributed by atoms with Crippen molar-refractivity contribution in [2.45, 2.75) is 6.54 Å². The molecule has 0 aliphatic heterocycles. The smallest absolute Gasteiger partial charge is 0.248 e. The molecule has 0 unspecified atom stereocenters. The lowest BCUT2D eigenvalue weighted by Gasteiger charge is -2.07. The summed E-state index contributed by atoms with van der Waals surface area (Å²) in [4.78, 5) is 15.3. The highest BCUT2D eigenvalue weighted by atomic mass is 79.9. The third kappa shape index (κ3) is 3.30. The molecule has 0 atom stereocenters. The van der Waals surface area contributed by atoms with Crippen molar-refractivity contribution in [1.82, 2.24) is 4.98 Å². The van der Waals surface area contributed by atoms with E-state index < -0.39 is 5.91 Å². The maximum absolute atomic E-state index is 11.0. The molecule has 18 heavy (non-hydrogen) atoms. The molecule has 92 valence electrons. The summed E-state index contributed by atoms with van der Waals surface area (Å²) < 4.78 is 0.946. The maximum Gasteiger partial charge on any atom is 0.248 e. The van der Waals surface area contributed by atoms with E-state index in [4.69, 9.17) is 5.73 Å². The van der Waals surface area contributed by atoms with Crippen LogP contribution in [0.25, 0.3) is 0 Å². The second kappa shape index (κ2) is 5.64. The summed E-state index contributed by atoms with van der Waals surface area (Å²) in [6.45, 7) is 0.593. The number of nitrogens with two attached hydrogens (primary N) is 1. The Morgan fingerprint density at radius 1 is 1.33 bits per heavy atom. The molecule has 0 saturated heterocycles. The number of benzene rings is 1. The van der Waals surface area contributed by atoms with Crippen LogP contribution in [0.1, 0.15) is 16.1 Å². The van der Waals surface area contributed by atoms with E-state index >= 15 is 0 Å². The van der Waals surface area contributed by atoms with Crippen molar-refractivity contribution >= 4 is 27.5 Å². The number of halogens is 1. The van der Waals surface area contributed by atoms with Gasteiger partial charge in [-0.3, -0.25) is 9.78 Å². The molecule has 0 radical (unpaired) electrons. The monoisotopic (exact) mass is 305 g/mol. The first kappa shape index (κ1) is 12.6. The Morgan fingerprint density at radius 3 is 2.83 bits per heavy atom. The van der Waals surface area contributed by atoms with E-state index in [1.54, 1.807) is 24.4 Å². The molecule has 2 aromatic rings. The number of carbonyl (C=O) groups excluding carboxylic acids is 1. The van der Waals surface area contributed by atoms with Gasteiger partial charge in [0.2, 0.25) is 5.91 Å². The minimum Gasteiger partial charge on any atom is -0.379 e. The van der Waals surface area contributed by atoms with Crippen molar-refractivity contribution in [3.8, 4) is 0 Å². The molecule has 0 aliphatic carbocycles. The standard InChI is InChI=1S/C13H12BrN3O/c14-10-4-5-12(16-7-10)8-17-11-3-1-2-9(6-11)13(15)18/h1-7,17H,8H2,(H2,15,18). The van der Waals surface area contributed by atoms with Gasteiger partial charge in [-0.15, -0.1) is 0 Å². The number of amides is 1. The predicted molar refractivity (Wildman–Crippen MR) is 74.2 cm³/mol. The zero-order chi connectivity index (χ0) is 13.0. The van der Waals surface area contributed by atoms with Gasteiger partial charge in [0.25, 0.3) is 0 Å². The first-order valence-corrected chi connectivity index (χ1v) is 6.18. The quantitative estimate of drug-likeness (QED) is 0.912. The van der Waals surface area contributed by atoms with Crippen molar-refractivity contribution in [2.75, 3.05) is 5.32 Å². The van der Waals surface area contributed by atoms with Crippen molar-refractivity contribution in [3.05, 3.63) is 58.3 Å². The molecule has 0 fully saturated rings. The maximum atomic E-state index is 11.0. The third-order valence-corrected chi connectivity index (χ3v) is 2.88. The average Bonchev–Trinajstić information content (AvgIpc) is 2.38. The third-order valence-electron chi connectivity index (χ3n) is 2.41. The van der Waals surface area contributed by atoms with Crippen LogP contribution in [0.3, 0.4) is 0 Å². The molecule has 1 aromatic heterocycles. The molecular weight excluding hydrogens is 294 g/mol. The fourth-order valence-electron chi connectivity index (χ4n) is 1.49. The largest absolute Gasteiger partial charge is 0.379 e. The van der Waals surface area contributed by atoms with Crippen molar-refractivity contribution < 1.29 is 4.79 Å². The van der Waals surface area contributed by atoms with Crippen LogP contribution in [-0.2, 0) is 6.54 Å². The normalized spacial score (nSPS) is 10.1. The van der Waals surface area contributed by atoms with Crippen LogP contribution in [0.15, 0.2) is 47.1 Å². The number of nitrogens with one attached hydrogen (secondary N) is 1. The lowest BCUT2D eigenvalue weighted by atomic mass is 10.2. The molecule has 1 aromatic carbocycles. The molecule has 5 heteroatoms. The van der Waals surface area contributed by atoms with Crippen molar-refractivity contribution in [2.24, 2.45) is 5.73 Å². The van der Waals surface area contributed by atoms with Gasteiger partial charge in [0.05, 0.1) is 12.2 Å². The lowest BCUT2D eigenvalue weighted by molar-refractivity contribution is 0.100. The van der Waals surface area contributed by atoms with Gasteiger partial charge in [-0.1, -0.05) is 6.07 Å². The molecule has 1 heterocycles. The van der Waals surface area contributed by atoms with E-state index in [1.165, 1.54) is 0 Å². The summed E-state index contributed by atoms with van der Waals surface area (Å²) in [7, 11) is 0. The van der Waals surface area contributed by atoms with E-state index in [0.717, 1.165) is 15.9 Å². The zero-order valence-corrected chi connectivity index (χ0v) is 11.1. The summed E-state index contributed by atoms with van der Waals surface area (Å²) in [5, 5.41) is 3.19. The van der Waals surface area contributed by atoms with Crippen LogP contribution in [0.2, 0.25) is 0 Å². The Kier molecular flexibility index (Phi) is 3.94. The molecule has 0 saturated carbocycles. The lowest BCUT2D eigenvalue weighted by Crippen LogP contribution is -2.11. The number of pyridine rings is 1. The first-order valence-electron chi connectivity index (χ1n) is 5.39. The second-order valence-corrected chi connectivity index (χ2v) is 4.68. The van der Waals surface area contributed by atoms with Gasteiger partial charge in [0, 0.05) is 21.9 Å².